The average molecular weight is 209 g/mol. The van der Waals surface area contributed by atoms with Crippen LogP contribution in [-0.2, 0) is 6.54 Å². The Balaban J connectivity index is 1.79. The van der Waals surface area contributed by atoms with Gasteiger partial charge in [-0.3, -0.25) is 0 Å². The van der Waals surface area contributed by atoms with Gasteiger partial charge in [-0.2, -0.15) is 0 Å². The van der Waals surface area contributed by atoms with Crippen molar-refractivity contribution in [3.8, 4) is 0 Å². The predicted octanol–water partition coefficient (Wildman–Crippen LogP) is 1.17. The number of nitrogens with one attached hydrogen (secondary N) is 1. The number of hydrogen-bond acceptors (Lipinski definition) is 4. The maximum absolute atomic E-state index is 5.15. The van der Waals surface area contributed by atoms with Crippen LogP contribution in [0, 0.1) is 6.92 Å². The number of aromatic nitrogens is 1. The molecule has 1 fully saturated rings. The quantitative estimate of drug-likeness (QED) is 0.811. The van der Waals surface area contributed by atoms with E-state index in [1.165, 1.54) is 6.42 Å². The maximum Gasteiger partial charge on any atom is 0.150 e. The van der Waals surface area contributed by atoms with Crippen molar-refractivity contribution in [3.05, 3.63) is 17.5 Å². The van der Waals surface area contributed by atoms with Crippen LogP contribution in [0.2, 0.25) is 0 Å². The van der Waals surface area contributed by atoms with E-state index in [2.05, 4.69) is 29.3 Å². The highest BCUT2D eigenvalue weighted by molar-refractivity contribution is 5.03. The molecule has 0 bridgehead atoms. The first-order valence-electron chi connectivity index (χ1n) is 5.51. The maximum atomic E-state index is 5.15. The number of nitrogens with zero attached hydrogens (tertiary/aromatic N) is 2. The van der Waals surface area contributed by atoms with Gasteiger partial charge in [-0.15, -0.1) is 0 Å². The molecule has 2 rings (SSSR count). The van der Waals surface area contributed by atoms with Crippen molar-refractivity contribution in [3.63, 3.8) is 0 Å². The van der Waals surface area contributed by atoms with Gasteiger partial charge in [0.2, 0.25) is 0 Å². The van der Waals surface area contributed by atoms with Crippen molar-refractivity contribution < 1.29 is 4.52 Å². The minimum absolute atomic E-state index is 0.579. The van der Waals surface area contributed by atoms with Crippen LogP contribution in [0.15, 0.2) is 10.6 Å². The van der Waals surface area contributed by atoms with E-state index in [4.69, 9.17) is 4.52 Å². The van der Waals surface area contributed by atoms with Crippen molar-refractivity contribution >= 4 is 0 Å². The Morgan fingerprint density at radius 2 is 2.47 bits per heavy atom. The number of likely N-dealkylation sites (N-methyl/N-ethyl adjacent to an activating group) is 1. The molecule has 1 aromatic rings. The zero-order valence-corrected chi connectivity index (χ0v) is 9.66. The van der Waals surface area contributed by atoms with Crippen molar-refractivity contribution in [2.75, 3.05) is 13.6 Å². The summed E-state index contributed by atoms with van der Waals surface area (Å²) in [5.41, 5.74) is 0.948. The van der Waals surface area contributed by atoms with E-state index in [1.807, 2.05) is 13.0 Å². The van der Waals surface area contributed by atoms with Gasteiger partial charge in [0.25, 0.3) is 0 Å². The normalized spacial score (nSPS) is 27.4. The fourth-order valence-electron chi connectivity index (χ4n) is 2.09. The molecule has 0 aliphatic carbocycles. The molecule has 1 N–H and O–H groups in total. The summed E-state index contributed by atoms with van der Waals surface area (Å²) in [5.74, 6) is 0.926. The minimum Gasteiger partial charge on any atom is -0.360 e. The third-order valence-corrected chi connectivity index (χ3v) is 3.13. The first kappa shape index (κ1) is 10.6. The third-order valence-electron chi connectivity index (χ3n) is 3.13. The second kappa shape index (κ2) is 4.33. The summed E-state index contributed by atoms with van der Waals surface area (Å²) in [6, 6.07) is 3.24. The molecule has 0 amide bonds. The Morgan fingerprint density at radius 3 is 3.00 bits per heavy atom. The average Bonchev–Trinajstić information content (AvgIpc) is 2.72. The Morgan fingerprint density at radius 1 is 1.67 bits per heavy atom. The van der Waals surface area contributed by atoms with Gasteiger partial charge in [0.15, 0.2) is 5.76 Å². The molecule has 0 radical (unpaired) electrons. The molecule has 2 unspecified atom stereocenters. The highest BCUT2D eigenvalue weighted by Crippen LogP contribution is 2.15. The molecule has 0 saturated carbocycles. The second-order valence-corrected chi connectivity index (χ2v) is 4.54. The Labute approximate surface area is 90.6 Å². The lowest BCUT2D eigenvalue weighted by Gasteiger charge is -2.12. The highest BCUT2D eigenvalue weighted by Gasteiger charge is 2.25. The summed E-state index contributed by atoms with van der Waals surface area (Å²) in [6.45, 7) is 6.11. The molecule has 2 heterocycles. The van der Waals surface area contributed by atoms with Crippen LogP contribution in [0.3, 0.4) is 0 Å². The molecule has 1 aliphatic heterocycles. The van der Waals surface area contributed by atoms with Crippen LogP contribution < -0.4 is 5.32 Å². The van der Waals surface area contributed by atoms with Crippen molar-refractivity contribution in [2.24, 2.45) is 0 Å². The SMILES string of the molecule is Cc1cc(CNC2CC(C)N(C)C2)on1. The Bertz CT molecular complexity index is 313. The van der Waals surface area contributed by atoms with Gasteiger partial charge in [0.1, 0.15) is 0 Å². The van der Waals surface area contributed by atoms with Crippen LogP contribution in [0.4, 0.5) is 0 Å². The molecule has 0 aromatic carbocycles. The summed E-state index contributed by atoms with van der Waals surface area (Å²) < 4.78 is 5.15. The zero-order chi connectivity index (χ0) is 10.8. The molecular weight excluding hydrogens is 190 g/mol. The molecule has 84 valence electrons. The summed E-state index contributed by atoms with van der Waals surface area (Å²) >= 11 is 0. The largest absolute Gasteiger partial charge is 0.360 e. The number of hydrogen-bond donors (Lipinski definition) is 1. The first-order chi connectivity index (χ1) is 7.15. The van der Waals surface area contributed by atoms with Gasteiger partial charge in [0, 0.05) is 24.7 Å². The molecule has 1 aliphatic rings. The third kappa shape index (κ3) is 2.58. The van der Waals surface area contributed by atoms with Gasteiger partial charge in [0.05, 0.1) is 12.2 Å². The van der Waals surface area contributed by atoms with E-state index in [9.17, 15) is 0 Å². The van der Waals surface area contributed by atoms with E-state index in [-0.39, 0.29) is 0 Å². The summed E-state index contributed by atoms with van der Waals surface area (Å²) in [5, 5.41) is 7.36. The van der Waals surface area contributed by atoms with Crippen LogP contribution in [0.25, 0.3) is 0 Å². The minimum atomic E-state index is 0.579. The number of likely N-dealkylation sites (tertiary alicyclic amines) is 1. The van der Waals surface area contributed by atoms with Gasteiger partial charge in [-0.05, 0) is 27.3 Å². The topological polar surface area (TPSA) is 41.3 Å². The van der Waals surface area contributed by atoms with E-state index in [1.54, 1.807) is 0 Å². The van der Waals surface area contributed by atoms with Gasteiger partial charge in [-0.25, -0.2) is 0 Å². The predicted molar refractivity (Wildman–Crippen MR) is 58.6 cm³/mol. The number of aryl methyl sites for hydroxylation is 1. The standard InChI is InChI=1S/C11H19N3O/c1-8-4-11(15-13-8)6-12-10-5-9(2)14(3)7-10/h4,9-10,12H,5-7H2,1-3H3. The lowest BCUT2D eigenvalue weighted by atomic mass is 10.2. The fourth-order valence-corrected chi connectivity index (χ4v) is 2.09. The summed E-state index contributed by atoms with van der Waals surface area (Å²) in [7, 11) is 2.17. The molecule has 4 nitrogen and oxygen atoms in total. The van der Waals surface area contributed by atoms with Crippen LogP contribution >= 0.6 is 0 Å². The lowest BCUT2D eigenvalue weighted by molar-refractivity contribution is 0.324. The van der Waals surface area contributed by atoms with Crippen LogP contribution in [0.1, 0.15) is 24.8 Å². The van der Waals surface area contributed by atoms with E-state index < -0.39 is 0 Å². The number of rotatable bonds is 3. The highest BCUT2D eigenvalue weighted by atomic mass is 16.5. The Kier molecular flexibility index (Phi) is 3.07. The molecule has 2 atom stereocenters. The lowest BCUT2D eigenvalue weighted by Crippen LogP contribution is -2.30. The molecule has 1 aromatic heterocycles. The van der Waals surface area contributed by atoms with Gasteiger partial charge < -0.3 is 14.7 Å². The molecule has 0 spiro atoms. The smallest absolute Gasteiger partial charge is 0.150 e. The summed E-state index contributed by atoms with van der Waals surface area (Å²) in [6.07, 6.45) is 1.21. The monoisotopic (exact) mass is 209 g/mol. The van der Waals surface area contributed by atoms with Crippen molar-refractivity contribution in [1.82, 2.24) is 15.4 Å². The van der Waals surface area contributed by atoms with Gasteiger partial charge in [-0.1, -0.05) is 5.16 Å². The van der Waals surface area contributed by atoms with Gasteiger partial charge >= 0.3 is 0 Å². The summed E-state index contributed by atoms with van der Waals surface area (Å²) in [4.78, 5) is 2.38. The second-order valence-electron chi connectivity index (χ2n) is 4.54. The Hall–Kier alpha value is -0.870. The molecule has 15 heavy (non-hydrogen) atoms. The van der Waals surface area contributed by atoms with E-state index in [0.717, 1.165) is 24.5 Å². The van der Waals surface area contributed by atoms with E-state index in [0.29, 0.717) is 12.1 Å². The fraction of sp³-hybridized carbons (Fsp3) is 0.727. The van der Waals surface area contributed by atoms with E-state index >= 15 is 0 Å². The van der Waals surface area contributed by atoms with Crippen LogP contribution in [0.5, 0.6) is 0 Å². The first-order valence-corrected chi connectivity index (χ1v) is 5.51. The molecular formula is C11H19N3O. The molecule has 1 saturated heterocycles. The molecule has 4 heteroatoms. The van der Waals surface area contributed by atoms with Crippen molar-refractivity contribution in [1.29, 1.82) is 0 Å². The zero-order valence-electron chi connectivity index (χ0n) is 9.66. The van der Waals surface area contributed by atoms with Crippen molar-refractivity contribution in [2.45, 2.75) is 38.9 Å². The van der Waals surface area contributed by atoms with Crippen LogP contribution in [-0.4, -0.2) is 35.7 Å².